The molecule has 0 bridgehead atoms. The van der Waals surface area contributed by atoms with Crippen LogP contribution in [0.3, 0.4) is 0 Å². The molecule has 0 aromatic heterocycles. The van der Waals surface area contributed by atoms with Crippen LogP contribution in [-0.4, -0.2) is 70.4 Å². The summed E-state index contributed by atoms with van der Waals surface area (Å²) in [5, 5.41) is 25.3. The van der Waals surface area contributed by atoms with E-state index in [1.807, 2.05) is 0 Å². The highest BCUT2D eigenvalue weighted by Crippen LogP contribution is 2.09. The number of aliphatic hydroxyl groups excluding tert-OH is 1. The normalized spacial score (nSPS) is 16.5. The highest BCUT2D eigenvalue weighted by atomic mass is 32.1. The average molecular weight is 392 g/mol. The summed E-state index contributed by atoms with van der Waals surface area (Å²) in [5.74, 6) is -3.59. The van der Waals surface area contributed by atoms with Gasteiger partial charge in [0.15, 0.2) is 0 Å². The molecule has 0 heterocycles. The predicted molar refractivity (Wildman–Crippen MR) is 97.5 cm³/mol. The molecule has 150 valence electrons. The molecule has 7 N–H and O–H groups in total. The third kappa shape index (κ3) is 7.58. The van der Waals surface area contributed by atoms with Crippen molar-refractivity contribution >= 4 is 36.3 Å². The van der Waals surface area contributed by atoms with Gasteiger partial charge in [-0.3, -0.25) is 19.2 Å². The van der Waals surface area contributed by atoms with Crippen LogP contribution < -0.4 is 21.7 Å². The molecule has 0 saturated carbocycles. The first kappa shape index (κ1) is 24.1. The van der Waals surface area contributed by atoms with E-state index in [2.05, 4.69) is 28.6 Å². The topological polar surface area (TPSA) is 171 Å². The molecule has 11 heteroatoms. The van der Waals surface area contributed by atoms with Crippen molar-refractivity contribution in [2.45, 2.75) is 51.4 Å². The molecule has 0 aromatic rings. The van der Waals surface area contributed by atoms with Gasteiger partial charge in [0.05, 0.1) is 12.6 Å². The molecule has 0 spiro atoms. The quantitative estimate of drug-likeness (QED) is 0.196. The largest absolute Gasteiger partial charge is 0.480 e. The molecule has 0 radical (unpaired) electrons. The summed E-state index contributed by atoms with van der Waals surface area (Å²) in [6.45, 7) is 4.11. The lowest BCUT2D eigenvalue weighted by Gasteiger charge is -2.27. The number of hydrogen-bond acceptors (Lipinski definition) is 7. The lowest BCUT2D eigenvalue weighted by atomic mass is 9.97. The maximum Gasteiger partial charge on any atom is 0.325 e. The van der Waals surface area contributed by atoms with Crippen molar-refractivity contribution in [2.75, 3.05) is 12.4 Å². The Morgan fingerprint density at radius 1 is 1.04 bits per heavy atom. The molecular weight excluding hydrogens is 364 g/mol. The third-order valence-corrected chi connectivity index (χ3v) is 4.26. The molecule has 3 amide bonds. The van der Waals surface area contributed by atoms with E-state index in [1.165, 1.54) is 6.92 Å². The van der Waals surface area contributed by atoms with Gasteiger partial charge < -0.3 is 31.9 Å². The number of amides is 3. The van der Waals surface area contributed by atoms with Crippen LogP contribution in [0.15, 0.2) is 0 Å². The number of nitrogens with two attached hydrogens (primary N) is 1. The monoisotopic (exact) mass is 392 g/mol. The lowest BCUT2D eigenvalue weighted by molar-refractivity contribution is -0.142. The van der Waals surface area contributed by atoms with Crippen molar-refractivity contribution in [3.63, 3.8) is 0 Å². The second-order valence-corrected chi connectivity index (χ2v) is 6.34. The van der Waals surface area contributed by atoms with Gasteiger partial charge in [-0.15, -0.1) is 0 Å². The number of hydrogen-bond donors (Lipinski definition) is 7. The SMILES string of the molecule is CCC(C)C(NC(=O)C(CO)NC(=O)C(N)CS)C(=O)NC(C)C(=O)O. The fourth-order valence-corrected chi connectivity index (χ4v) is 2.04. The van der Waals surface area contributed by atoms with Crippen molar-refractivity contribution in [1.82, 2.24) is 16.0 Å². The second kappa shape index (κ2) is 11.7. The van der Waals surface area contributed by atoms with Crippen LogP contribution in [0.5, 0.6) is 0 Å². The minimum Gasteiger partial charge on any atom is -0.480 e. The van der Waals surface area contributed by atoms with Gasteiger partial charge in [-0.05, 0) is 12.8 Å². The summed E-state index contributed by atoms with van der Waals surface area (Å²) in [6.07, 6.45) is 0.528. The number of carbonyl (C=O) groups is 4. The molecule has 0 aliphatic heterocycles. The fraction of sp³-hybridized carbons (Fsp3) is 0.733. The summed E-state index contributed by atoms with van der Waals surface area (Å²) in [7, 11) is 0. The third-order valence-electron chi connectivity index (χ3n) is 3.87. The highest BCUT2D eigenvalue weighted by molar-refractivity contribution is 7.80. The Bertz CT molecular complexity index is 518. The maximum atomic E-state index is 12.3. The zero-order chi connectivity index (χ0) is 20.4. The molecule has 0 aliphatic rings. The average Bonchev–Trinajstić information content (AvgIpc) is 2.61. The van der Waals surface area contributed by atoms with E-state index in [0.717, 1.165) is 0 Å². The zero-order valence-corrected chi connectivity index (χ0v) is 16.0. The van der Waals surface area contributed by atoms with E-state index in [0.29, 0.717) is 6.42 Å². The molecule has 5 atom stereocenters. The molecule has 0 aliphatic carbocycles. The Hall–Kier alpha value is -1.85. The van der Waals surface area contributed by atoms with Crippen LogP contribution in [0.2, 0.25) is 0 Å². The summed E-state index contributed by atoms with van der Waals surface area (Å²) < 4.78 is 0. The van der Waals surface area contributed by atoms with Gasteiger partial charge >= 0.3 is 5.97 Å². The molecule has 10 nitrogen and oxygen atoms in total. The first-order valence-corrected chi connectivity index (χ1v) is 8.83. The van der Waals surface area contributed by atoms with Crippen LogP contribution in [0.4, 0.5) is 0 Å². The van der Waals surface area contributed by atoms with Crippen molar-refractivity contribution in [3.8, 4) is 0 Å². The molecule has 5 unspecified atom stereocenters. The number of nitrogens with one attached hydrogen (secondary N) is 3. The number of carboxylic acids is 1. The standard InChI is InChI=1S/C15H28N4O6S/c1-4-7(2)11(14(23)17-8(3)15(24)25)19-13(22)10(5-20)18-12(21)9(16)6-26/h7-11,20,26H,4-6,16H2,1-3H3,(H,17,23)(H,18,21)(H,19,22)(H,24,25). The molecular formula is C15H28N4O6S. The van der Waals surface area contributed by atoms with Gasteiger partial charge in [-0.25, -0.2) is 0 Å². The summed E-state index contributed by atoms with van der Waals surface area (Å²) in [6, 6.07) is -4.42. The van der Waals surface area contributed by atoms with Crippen LogP contribution >= 0.6 is 12.6 Å². The Morgan fingerprint density at radius 3 is 2.04 bits per heavy atom. The van der Waals surface area contributed by atoms with E-state index in [9.17, 15) is 24.3 Å². The van der Waals surface area contributed by atoms with Gasteiger partial charge in [-0.1, -0.05) is 20.3 Å². The Morgan fingerprint density at radius 2 is 1.62 bits per heavy atom. The van der Waals surface area contributed by atoms with Crippen LogP contribution in [0.25, 0.3) is 0 Å². The second-order valence-electron chi connectivity index (χ2n) is 5.97. The number of thiol groups is 1. The minimum absolute atomic E-state index is 0.0522. The maximum absolute atomic E-state index is 12.3. The lowest BCUT2D eigenvalue weighted by Crippen LogP contribution is -2.59. The Labute approximate surface area is 157 Å². The number of carboxylic acid groups (broad SMARTS) is 1. The van der Waals surface area contributed by atoms with Gasteiger partial charge in [0, 0.05) is 5.75 Å². The Balaban J connectivity index is 5.12. The van der Waals surface area contributed by atoms with Gasteiger partial charge in [0.2, 0.25) is 17.7 Å². The molecule has 0 saturated heterocycles. The molecule has 0 rings (SSSR count). The van der Waals surface area contributed by atoms with Crippen LogP contribution in [0.1, 0.15) is 27.2 Å². The molecule has 0 fully saturated rings. The van der Waals surface area contributed by atoms with E-state index in [4.69, 9.17) is 10.8 Å². The van der Waals surface area contributed by atoms with Gasteiger partial charge in [0.25, 0.3) is 0 Å². The minimum atomic E-state index is -1.30. The van der Waals surface area contributed by atoms with Crippen molar-refractivity contribution in [3.05, 3.63) is 0 Å². The Kier molecular flexibility index (Phi) is 10.9. The predicted octanol–water partition coefficient (Wildman–Crippen LogP) is -2.16. The van der Waals surface area contributed by atoms with Gasteiger partial charge in [-0.2, -0.15) is 12.6 Å². The van der Waals surface area contributed by atoms with E-state index < -0.39 is 54.5 Å². The summed E-state index contributed by atoms with van der Waals surface area (Å²) in [4.78, 5) is 47.3. The van der Waals surface area contributed by atoms with Crippen LogP contribution in [0, 0.1) is 5.92 Å². The van der Waals surface area contributed by atoms with Gasteiger partial charge in [0.1, 0.15) is 18.1 Å². The summed E-state index contributed by atoms with van der Waals surface area (Å²) >= 11 is 3.88. The first-order valence-electron chi connectivity index (χ1n) is 8.20. The van der Waals surface area contributed by atoms with E-state index in [-0.39, 0.29) is 11.7 Å². The van der Waals surface area contributed by atoms with Crippen molar-refractivity contribution in [1.29, 1.82) is 0 Å². The molecule has 26 heavy (non-hydrogen) atoms. The van der Waals surface area contributed by atoms with Crippen molar-refractivity contribution < 1.29 is 29.4 Å². The number of carbonyl (C=O) groups excluding carboxylic acids is 3. The van der Waals surface area contributed by atoms with E-state index in [1.54, 1.807) is 13.8 Å². The number of aliphatic hydroxyl groups is 1. The van der Waals surface area contributed by atoms with Crippen molar-refractivity contribution in [2.24, 2.45) is 11.7 Å². The number of rotatable bonds is 11. The van der Waals surface area contributed by atoms with E-state index >= 15 is 0 Å². The molecule has 0 aromatic carbocycles. The fourth-order valence-electron chi connectivity index (χ4n) is 1.88. The smallest absolute Gasteiger partial charge is 0.325 e. The highest BCUT2D eigenvalue weighted by Gasteiger charge is 2.31. The summed E-state index contributed by atoms with van der Waals surface area (Å²) in [5.41, 5.74) is 5.50. The van der Waals surface area contributed by atoms with Crippen LogP contribution in [-0.2, 0) is 19.2 Å². The number of aliphatic carboxylic acids is 1. The first-order chi connectivity index (χ1) is 12.1. The zero-order valence-electron chi connectivity index (χ0n) is 15.1.